The van der Waals surface area contributed by atoms with Gasteiger partial charge in [0, 0.05) is 6.54 Å². The van der Waals surface area contributed by atoms with Gasteiger partial charge in [0.15, 0.2) is 6.10 Å². The Bertz CT molecular complexity index is 522. The molecule has 1 aliphatic rings. The van der Waals surface area contributed by atoms with Crippen LogP contribution in [0.15, 0.2) is 30.3 Å². The van der Waals surface area contributed by atoms with E-state index in [4.69, 9.17) is 4.74 Å². The van der Waals surface area contributed by atoms with Crippen LogP contribution in [0.5, 0.6) is 0 Å². The zero-order chi connectivity index (χ0) is 16.1. The summed E-state index contributed by atoms with van der Waals surface area (Å²) in [5.74, 6) is -0.530. The number of thioether (sulfide) groups is 1. The van der Waals surface area contributed by atoms with E-state index in [2.05, 4.69) is 0 Å². The van der Waals surface area contributed by atoms with Crippen LogP contribution in [0.1, 0.15) is 24.9 Å². The quantitative estimate of drug-likeness (QED) is 0.610. The molecule has 0 aliphatic carbocycles. The van der Waals surface area contributed by atoms with E-state index in [9.17, 15) is 14.7 Å². The summed E-state index contributed by atoms with van der Waals surface area (Å²) in [4.78, 5) is 25.3. The fraction of sp³-hybridized carbons (Fsp3) is 0.500. The second kappa shape index (κ2) is 7.65. The molecule has 0 radical (unpaired) electrons. The summed E-state index contributed by atoms with van der Waals surface area (Å²) in [5, 5.41) is 9.64. The average Bonchev–Trinajstić information content (AvgIpc) is 2.54. The molecule has 120 valence electrons. The van der Waals surface area contributed by atoms with Crippen molar-refractivity contribution in [2.75, 3.05) is 19.4 Å². The Kier molecular flexibility index (Phi) is 5.85. The normalized spacial score (nSPS) is 22.1. The number of aliphatic hydroxyl groups is 1. The van der Waals surface area contributed by atoms with Crippen molar-refractivity contribution in [3.8, 4) is 0 Å². The van der Waals surface area contributed by atoms with Gasteiger partial charge in [-0.05, 0) is 25.2 Å². The van der Waals surface area contributed by atoms with Crippen molar-refractivity contribution in [3.05, 3.63) is 35.9 Å². The van der Waals surface area contributed by atoms with Crippen molar-refractivity contribution in [3.63, 3.8) is 0 Å². The molecule has 3 unspecified atom stereocenters. The lowest BCUT2D eigenvalue weighted by Crippen LogP contribution is -2.59. The van der Waals surface area contributed by atoms with Crippen molar-refractivity contribution in [1.29, 1.82) is 0 Å². The Hall–Kier alpha value is -1.53. The molecule has 0 saturated carbocycles. The molecule has 22 heavy (non-hydrogen) atoms. The van der Waals surface area contributed by atoms with E-state index in [0.717, 1.165) is 5.56 Å². The number of hydrogen-bond acceptors (Lipinski definition) is 5. The molecule has 1 aliphatic heterocycles. The van der Waals surface area contributed by atoms with Gasteiger partial charge in [-0.2, -0.15) is 11.8 Å². The van der Waals surface area contributed by atoms with Crippen molar-refractivity contribution in [1.82, 2.24) is 4.90 Å². The molecular formula is C16H21NO4S. The molecule has 5 nitrogen and oxygen atoms in total. The molecule has 1 fully saturated rings. The lowest BCUT2D eigenvalue weighted by Gasteiger charge is -2.45. The van der Waals surface area contributed by atoms with Crippen LogP contribution in [0, 0.1) is 0 Å². The Morgan fingerprint density at radius 3 is 2.68 bits per heavy atom. The highest BCUT2D eigenvalue weighted by atomic mass is 32.2. The maximum atomic E-state index is 11.9. The number of hydrogen-bond donors (Lipinski definition) is 1. The average molecular weight is 323 g/mol. The first-order valence-corrected chi connectivity index (χ1v) is 8.61. The summed E-state index contributed by atoms with van der Waals surface area (Å²) in [7, 11) is 0. The van der Waals surface area contributed by atoms with Crippen LogP contribution >= 0.6 is 11.8 Å². The van der Waals surface area contributed by atoms with Gasteiger partial charge in [-0.1, -0.05) is 30.3 Å². The van der Waals surface area contributed by atoms with Gasteiger partial charge in [-0.3, -0.25) is 9.59 Å². The number of amides is 1. The summed E-state index contributed by atoms with van der Waals surface area (Å²) < 4.78 is 5.03. The molecule has 1 N–H and O–H groups in total. The first kappa shape index (κ1) is 16.8. The van der Waals surface area contributed by atoms with E-state index < -0.39 is 6.10 Å². The third-order valence-electron chi connectivity index (χ3n) is 3.78. The summed E-state index contributed by atoms with van der Waals surface area (Å²) in [6.07, 6.45) is 1.38. The van der Waals surface area contributed by atoms with Gasteiger partial charge in [0.1, 0.15) is 5.25 Å². The molecule has 1 saturated heterocycles. The second-order valence-corrected chi connectivity index (χ2v) is 6.14. The van der Waals surface area contributed by atoms with Gasteiger partial charge in [0.25, 0.3) is 5.91 Å². The highest BCUT2D eigenvalue weighted by molar-refractivity contribution is 7.99. The number of β-lactam (4-membered cyclic amide) rings is 1. The molecule has 0 spiro atoms. The minimum atomic E-state index is -0.988. The van der Waals surface area contributed by atoms with Crippen LogP contribution in [0.2, 0.25) is 0 Å². The van der Waals surface area contributed by atoms with Crippen molar-refractivity contribution in [2.24, 2.45) is 0 Å². The highest BCUT2D eigenvalue weighted by Gasteiger charge is 2.46. The molecule has 0 bridgehead atoms. The predicted molar refractivity (Wildman–Crippen MR) is 85.5 cm³/mol. The Labute approximate surface area is 134 Å². The molecule has 1 heterocycles. The molecule has 1 aromatic carbocycles. The molecule has 1 aromatic rings. The standard InChI is InChI=1S/C16H21NO4S/c1-3-21-16(20)12(22-2)9-10-17-13(14(18)15(17)19)11-7-5-4-6-8-11/h4-8,12-14,18H,3,9-10H2,1-2H3. The number of nitrogens with zero attached hydrogens (tertiary/aromatic N) is 1. The molecule has 2 rings (SSSR count). The maximum absolute atomic E-state index is 11.9. The molecule has 3 atom stereocenters. The highest BCUT2D eigenvalue weighted by Crippen LogP contribution is 2.35. The van der Waals surface area contributed by atoms with Crippen LogP contribution in [0.3, 0.4) is 0 Å². The number of ether oxygens (including phenoxy) is 1. The van der Waals surface area contributed by atoms with Crippen molar-refractivity contribution < 1.29 is 19.4 Å². The molecule has 6 heteroatoms. The van der Waals surface area contributed by atoms with Gasteiger partial charge >= 0.3 is 5.97 Å². The lowest BCUT2D eigenvalue weighted by molar-refractivity contribution is -0.167. The number of aliphatic hydroxyl groups excluding tert-OH is 1. The molecule has 1 amide bonds. The first-order chi connectivity index (χ1) is 10.6. The third-order valence-corrected chi connectivity index (χ3v) is 4.78. The van der Waals surface area contributed by atoms with E-state index in [1.54, 1.807) is 11.8 Å². The van der Waals surface area contributed by atoms with Crippen molar-refractivity contribution >= 4 is 23.6 Å². The Balaban J connectivity index is 1.99. The van der Waals surface area contributed by atoms with E-state index in [1.165, 1.54) is 11.8 Å². The SMILES string of the molecule is CCOC(=O)C(CCN1C(=O)C(O)C1c1ccccc1)SC. The first-order valence-electron chi connectivity index (χ1n) is 7.33. The van der Waals surface area contributed by atoms with Crippen LogP contribution in [-0.4, -0.2) is 52.6 Å². The van der Waals surface area contributed by atoms with E-state index >= 15 is 0 Å². The number of carbonyl (C=O) groups excluding carboxylic acids is 2. The zero-order valence-electron chi connectivity index (χ0n) is 12.8. The fourth-order valence-electron chi connectivity index (χ4n) is 2.62. The van der Waals surface area contributed by atoms with E-state index in [1.807, 2.05) is 36.6 Å². The van der Waals surface area contributed by atoms with Gasteiger partial charge in [0.2, 0.25) is 0 Å². The lowest BCUT2D eigenvalue weighted by atomic mass is 9.90. The number of esters is 1. The van der Waals surface area contributed by atoms with Gasteiger partial charge in [-0.15, -0.1) is 0 Å². The molecular weight excluding hydrogens is 302 g/mol. The smallest absolute Gasteiger partial charge is 0.319 e. The number of carbonyl (C=O) groups is 2. The maximum Gasteiger partial charge on any atom is 0.319 e. The van der Waals surface area contributed by atoms with Crippen LogP contribution in [-0.2, 0) is 14.3 Å². The number of benzene rings is 1. The van der Waals surface area contributed by atoms with E-state index in [-0.39, 0.29) is 23.2 Å². The monoisotopic (exact) mass is 323 g/mol. The minimum absolute atomic E-state index is 0.250. The minimum Gasteiger partial charge on any atom is -0.465 e. The second-order valence-electron chi connectivity index (χ2n) is 5.10. The van der Waals surface area contributed by atoms with Gasteiger partial charge in [0.05, 0.1) is 12.6 Å². The fourth-order valence-corrected chi connectivity index (χ4v) is 3.22. The summed E-state index contributed by atoms with van der Waals surface area (Å²) >= 11 is 1.42. The van der Waals surface area contributed by atoms with Crippen LogP contribution in [0.4, 0.5) is 0 Å². The van der Waals surface area contributed by atoms with Crippen LogP contribution < -0.4 is 0 Å². The van der Waals surface area contributed by atoms with Gasteiger partial charge in [-0.25, -0.2) is 0 Å². The largest absolute Gasteiger partial charge is 0.465 e. The zero-order valence-corrected chi connectivity index (χ0v) is 13.6. The van der Waals surface area contributed by atoms with E-state index in [0.29, 0.717) is 19.6 Å². The summed E-state index contributed by atoms with van der Waals surface area (Å²) in [6, 6.07) is 9.12. The number of likely N-dealkylation sites (tertiary alicyclic amines) is 1. The Morgan fingerprint density at radius 2 is 2.09 bits per heavy atom. The molecule has 0 aromatic heterocycles. The Morgan fingerprint density at radius 1 is 1.41 bits per heavy atom. The topological polar surface area (TPSA) is 66.8 Å². The number of rotatable bonds is 7. The third kappa shape index (κ3) is 3.44. The van der Waals surface area contributed by atoms with Gasteiger partial charge < -0.3 is 14.7 Å². The summed E-state index contributed by atoms with van der Waals surface area (Å²) in [5.41, 5.74) is 0.909. The summed E-state index contributed by atoms with van der Waals surface area (Å²) in [6.45, 7) is 2.56. The van der Waals surface area contributed by atoms with Crippen molar-refractivity contribution in [2.45, 2.75) is 30.7 Å². The van der Waals surface area contributed by atoms with Crippen LogP contribution in [0.25, 0.3) is 0 Å². The predicted octanol–water partition coefficient (Wildman–Crippen LogP) is 1.62.